The number of carbonyl (C=O) groups is 1. The molecule has 0 atom stereocenters. The summed E-state index contributed by atoms with van der Waals surface area (Å²) in [5.74, 6) is 0.152. The van der Waals surface area contributed by atoms with Gasteiger partial charge in [-0.15, -0.1) is 0 Å². The zero-order valence-corrected chi connectivity index (χ0v) is 17.7. The van der Waals surface area contributed by atoms with Crippen LogP contribution in [-0.4, -0.2) is 55.5 Å². The predicted octanol–water partition coefficient (Wildman–Crippen LogP) is 4.30. The Morgan fingerprint density at radius 1 is 0.966 bits per heavy atom. The molecule has 2 fully saturated rings. The zero-order chi connectivity index (χ0) is 20.2. The molecule has 5 heteroatoms. The average Bonchev–Trinajstić information content (AvgIpc) is 2.74. The highest BCUT2D eigenvalue weighted by Gasteiger charge is 2.24. The van der Waals surface area contributed by atoms with Crippen LogP contribution in [0, 0.1) is 0 Å². The van der Waals surface area contributed by atoms with Gasteiger partial charge in [0, 0.05) is 55.6 Å². The van der Waals surface area contributed by atoms with Gasteiger partial charge in [-0.1, -0.05) is 41.9 Å². The van der Waals surface area contributed by atoms with Crippen molar-refractivity contribution in [2.24, 2.45) is 0 Å². The van der Waals surface area contributed by atoms with Crippen molar-refractivity contribution in [1.29, 1.82) is 0 Å². The van der Waals surface area contributed by atoms with Gasteiger partial charge in [0.25, 0.3) is 0 Å². The Kier molecular flexibility index (Phi) is 6.22. The smallest absolute Gasteiger partial charge is 0.250 e. The molecular weight excluding hydrogens is 382 g/mol. The zero-order valence-electron chi connectivity index (χ0n) is 17.0. The fourth-order valence-electron chi connectivity index (χ4n) is 4.10. The van der Waals surface area contributed by atoms with E-state index in [2.05, 4.69) is 47.2 Å². The number of anilines is 1. The largest absolute Gasteiger partial charge is 0.368 e. The van der Waals surface area contributed by atoms with Crippen molar-refractivity contribution >= 4 is 29.3 Å². The second kappa shape index (κ2) is 9.02. The molecule has 0 unspecified atom stereocenters. The summed E-state index contributed by atoms with van der Waals surface area (Å²) < 4.78 is 0. The van der Waals surface area contributed by atoms with Crippen LogP contribution in [0.15, 0.2) is 54.1 Å². The molecule has 2 aromatic rings. The quantitative estimate of drug-likeness (QED) is 0.704. The Balaban J connectivity index is 1.53. The molecule has 4 rings (SSSR count). The van der Waals surface area contributed by atoms with Gasteiger partial charge in [-0.25, -0.2) is 0 Å². The molecule has 0 bridgehead atoms. The van der Waals surface area contributed by atoms with Gasteiger partial charge in [0.15, 0.2) is 0 Å². The van der Waals surface area contributed by atoms with Crippen molar-refractivity contribution in [3.63, 3.8) is 0 Å². The molecule has 2 saturated heterocycles. The Labute approximate surface area is 178 Å². The number of hydrogen-bond acceptors (Lipinski definition) is 3. The van der Waals surface area contributed by atoms with Crippen molar-refractivity contribution in [1.82, 2.24) is 9.80 Å². The Hall–Kier alpha value is -2.30. The summed E-state index contributed by atoms with van der Waals surface area (Å²) in [6.07, 6.45) is 3.96. The van der Waals surface area contributed by atoms with Gasteiger partial charge < -0.3 is 14.7 Å². The van der Waals surface area contributed by atoms with Crippen molar-refractivity contribution in [3.8, 4) is 0 Å². The standard InChI is InChI=1S/C24H28ClN3O/c1-26-13-15-27(16-14-26)23-7-3-2-5-20(23)17-21-6-4-12-28(24(21)29)18-19-8-10-22(25)11-9-19/h2-3,5,7-11,17H,4,6,12-16,18H2,1H3. The molecule has 0 aliphatic carbocycles. The number of hydrogen-bond donors (Lipinski definition) is 0. The van der Waals surface area contributed by atoms with Gasteiger partial charge in [-0.05, 0) is 55.3 Å². The van der Waals surface area contributed by atoms with E-state index in [-0.39, 0.29) is 5.91 Å². The number of halogens is 1. The van der Waals surface area contributed by atoms with Crippen LogP contribution in [0.2, 0.25) is 5.02 Å². The third-order valence-electron chi connectivity index (χ3n) is 5.83. The summed E-state index contributed by atoms with van der Waals surface area (Å²) >= 11 is 5.99. The minimum atomic E-state index is 0.152. The van der Waals surface area contributed by atoms with Crippen LogP contribution in [0.25, 0.3) is 6.08 Å². The summed E-state index contributed by atoms with van der Waals surface area (Å²) in [4.78, 5) is 19.9. The summed E-state index contributed by atoms with van der Waals surface area (Å²) in [7, 11) is 2.17. The van der Waals surface area contributed by atoms with Crippen LogP contribution < -0.4 is 4.90 Å². The maximum absolute atomic E-state index is 13.1. The first kappa shape index (κ1) is 20.0. The number of para-hydroxylation sites is 1. The van der Waals surface area contributed by atoms with E-state index in [4.69, 9.17) is 11.6 Å². The van der Waals surface area contributed by atoms with Gasteiger partial charge in [-0.2, -0.15) is 0 Å². The van der Waals surface area contributed by atoms with Crippen LogP contribution in [0.3, 0.4) is 0 Å². The van der Waals surface area contributed by atoms with E-state index < -0.39 is 0 Å². The number of piperidine rings is 1. The molecule has 0 aromatic heterocycles. The summed E-state index contributed by atoms with van der Waals surface area (Å²) in [6, 6.07) is 16.2. The van der Waals surface area contributed by atoms with E-state index in [1.54, 1.807) is 0 Å². The highest BCUT2D eigenvalue weighted by atomic mass is 35.5. The second-order valence-corrected chi connectivity index (χ2v) is 8.41. The number of rotatable bonds is 4. The number of likely N-dealkylation sites (N-methyl/N-ethyl adjacent to an activating group) is 1. The Bertz CT molecular complexity index is 885. The van der Waals surface area contributed by atoms with Gasteiger partial charge in [0.05, 0.1) is 0 Å². The molecule has 0 saturated carbocycles. The van der Waals surface area contributed by atoms with Crippen LogP contribution in [0.5, 0.6) is 0 Å². The van der Waals surface area contributed by atoms with Crippen molar-refractivity contribution in [3.05, 3.63) is 70.3 Å². The number of benzene rings is 2. The summed E-state index contributed by atoms with van der Waals surface area (Å²) in [6.45, 7) is 5.62. The summed E-state index contributed by atoms with van der Waals surface area (Å²) in [5.41, 5.74) is 4.40. The third-order valence-corrected chi connectivity index (χ3v) is 6.09. The minimum Gasteiger partial charge on any atom is -0.368 e. The molecule has 29 heavy (non-hydrogen) atoms. The molecule has 4 nitrogen and oxygen atoms in total. The predicted molar refractivity (Wildman–Crippen MR) is 120 cm³/mol. The van der Waals surface area contributed by atoms with E-state index in [0.29, 0.717) is 6.54 Å². The van der Waals surface area contributed by atoms with E-state index in [1.165, 1.54) is 5.69 Å². The lowest BCUT2D eigenvalue weighted by Crippen LogP contribution is -2.44. The highest BCUT2D eigenvalue weighted by molar-refractivity contribution is 6.30. The second-order valence-electron chi connectivity index (χ2n) is 7.98. The minimum absolute atomic E-state index is 0.152. The molecular formula is C24H28ClN3O. The highest BCUT2D eigenvalue weighted by Crippen LogP contribution is 2.28. The number of nitrogens with zero attached hydrogens (tertiary/aromatic N) is 3. The lowest BCUT2D eigenvalue weighted by molar-refractivity contribution is -0.129. The van der Waals surface area contributed by atoms with E-state index >= 15 is 0 Å². The topological polar surface area (TPSA) is 26.8 Å². The maximum atomic E-state index is 13.1. The fourth-order valence-corrected chi connectivity index (χ4v) is 4.23. The van der Waals surface area contributed by atoms with Crippen molar-refractivity contribution in [2.45, 2.75) is 19.4 Å². The first-order valence-corrected chi connectivity index (χ1v) is 10.7. The third kappa shape index (κ3) is 4.82. The van der Waals surface area contributed by atoms with Crippen LogP contribution >= 0.6 is 11.6 Å². The van der Waals surface area contributed by atoms with Crippen LogP contribution in [0.1, 0.15) is 24.0 Å². The molecule has 1 amide bonds. The monoisotopic (exact) mass is 409 g/mol. The van der Waals surface area contributed by atoms with Gasteiger partial charge in [-0.3, -0.25) is 4.79 Å². The number of piperazine rings is 1. The first-order valence-electron chi connectivity index (χ1n) is 10.4. The lowest BCUT2D eigenvalue weighted by Gasteiger charge is -2.35. The lowest BCUT2D eigenvalue weighted by atomic mass is 9.99. The molecule has 2 aromatic carbocycles. The van der Waals surface area contributed by atoms with Crippen molar-refractivity contribution in [2.75, 3.05) is 44.7 Å². The normalized spacial score (nSPS) is 19.8. The molecule has 2 aliphatic heterocycles. The molecule has 2 aliphatic rings. The molecule has 0 spiro atoms. The molecule has 152 valence electrons. The summed E-state index contributed by atoms with van der Waals surface area (Å²) in [5, 5.41) is 0.722. The Morgan fingerprint density at radius 2 is 1.69 bits per heavy atom. The molecule has 2 heterocycles. The fraction of sp³-hybridized carbons (Fsp3) is 0.375. The maximum Gasteiger partial charge on any atom is 0.250 e. The van der Waals surface area contributed by atoms with E-state index in [0.717, 1.165) is 67.3 Å². The average molecular weight is 410 g/mol. The SMILES string of the molecule is CN1CCN(c2ccccc2C=C2CCCN(Cc3ccc(Cl)cc3)C2=O)CC1. The van der Waals surface area contributed by atoms with Gasteiger partial charge in [0.2, 0.25) is 5.91 Å². The number of likely N-dealkylation sites (tertiary alicyclic amines) is 1. The van der Waals surface area contributed by atoms with Gasteiger partial charge >= 0.3 is 0 Å². The molecule has 0 radical (unpaired) electrons. The van der Waals surface area contributed by atoms with Crippen molar-refractivity contribution < 1.29 is 4.79 Å². The van der Waals surface area contributed by atoms with Crippen LogP contribution in [0.4, 0.5) is 5.69 Å². The van der Waals surface area contributed by atoms with E-state index in [9.17, 15) is 4.79 Å². The molecule has 0 N–H and O–H groups in total. The Morgan fingerprint density at radius 3 is 2.45 bits per heavy atom. The number of carbonyl (C=O) groups excluding carboxylic acids is 1. The van der Waals surface area contributed by atoms with Crippen LogP contribution in [-0.2, 0) is 11.3 Å². The van der Waals surface area contributed by atoms with Gasteiger partial charge in [0.1, 0.15) is 0 Å². The van der Waals surface area contributed by atoms with E-state index in [1.807, 2.05) is 29.2 Å². The number of amides is 1. The first-order chi connectivity index (χ1) is 14.1.